The largest absolute Gasteiger partial charge is 0.362 e. The van der Waals surface area contributed by atoms with Gasteiger partial charge in [-0.3, -0.25) is 5.32 Å². The number of benzene rings is 1. The standard InChI is InChI=1S/C25H36N2O2.C2H4.2H2/c1-4-21(2)18-27(3)13-8-12-26-20-29-19-25-17-23(11-14-28)16-24(25)15-22-9-6-5-7-10-22;1-2;;/h4-7,9-10,14,16-17,21,24,26H,1,8,11-13,15,18-20H2,2-3H3;1-2H2;2*1H. The van der Waals surface area contributed by atoms with E-state index in [-0.39, 0.29) is 2.85 Å². The molecule has 1 N–H and O–H groups in total. The highest BCUT2D eigenvalue weighted by molar-refractivity contribution is 5.58. The third-order valence-electron chi connectivity index (χ3n) is 5.25. The van der Waals surface area contributed by atoms with Crippen LogP contribution in [0.1, 0.15) is 28.2 Å². The fraction of sp³-hybridized carbons (Fsp3) is 0.444. The molecule has 1 aliphatic carbocycles. The molecule has 0 bridgehead atoms. The number of nitrogens with one attached hydrogen (secondary N) is 1. The van der Waals surface area contributed by atoms with Crippen LogP contribution in [0.3, 0.4) is 0 Å². The maximum Gasteiger partial charge on any atom is 0.124 e. The highest BCUT2D eigenvalue weighted by Crippen LogP contribution is 2.29. The van der Waals surface area contributed by atoms with Crippen molar-refractivity contribution < 1.29 is 12.4 Å². The molecule has 0 saturated carbocycles. The lowest BCUT2D eigenvalue weighted by atomic mass is 9.95. The van der Waals surface area contributed by atoms with E-state index in [0.717, 1.165) is 44.3 Å². The molecular weight excluding hydrogens is 384 g/mol. The Hall–Kier alpha value is -2.27. The van der Waals surface area contributed by atoms with Gasteiger partial charge in [0.05, 0.1) is 13.3 Å². The van der Waals surface area contributed by atoms with Crippen molar-refractivity contribution in [1.82, 2.24) is 10.2 Å². The van der Waals surface area contributed by atoms with E-state index in [1.54, 1.807) is 0 Å². The smallest absolute Gasteiger partial charge is 0.124 e. The Labute approximate surface area is 192 Å². The molecule has 1 aromatic carbocycles. The lowest BCUT2D eigenvalue weighted by molar-refractivity contribution is -0.107. The van der Waals surface area contributed by atoms with Crippen molar-refractivity contribution in [2.45, 2.75) is 26.2 Å². The highest BCUT2D eigenvalue weighted by atomic mass is 16.5. The van der Waals surface area contributed by atoms with Gasteiger partial charge in [0.15, 0.2) is 0 Å². The van der Waals surface area contributed by atoms with Gasteiger partial charge in [0.25, 0.3) is 0 Å². The van der Waals surface area contributed by atoms with Gasteiger partial charge in [-0.2, -0.15) is 0 Å². The summed E-state index contributed by atoms with van der Waals surface area (Å²) >= 11 is 0. The first-order valence-electron chi connectivity index (χ1n) is 11.1. The summed E-state index contributed by atoms with van der Waals surface area (Å²) in [5.41, 5.74) is 3.66. The fourth-order valence-corrected chi connectivity index (χ4v) is 3.63. The third kappa shape index (κ3) is 11.1. The van der Waals surface area contributed by atoms with Crippen LogP contribution in [0, 0.1) is 11.8 Å². The molecule has 4 heteroatoms. The van der Waals surface area contributed by atoms with E-state index in [2.05, 4.69) is 80.3 Å². The molecule has 0 amide bonds. The van der Waals surface area contributed by atoms with Crippen LogP contribution in [0.4, 0.5) is 0 Å². The molecule has 0 aliphatic heterocycles. The molecule has 0 aromatic heterocycles. The molecule has 0 spiro atoms. The molecule has 4 nitrogen and oxygen atoms in total. The zero-order valence-corrected chi connectivity index (χ0v) is 19.4. The SMILES string of the molecule is C=C.C=CC(C)CN(C)CCCNCOCC1=CC(CC=O)=CC1Cc1ccccc1.[HH].[HH]. The number of carbonyl (C=O) groups excluding carboxylic acids is 1. The summed E-state index contributed by atoms with van der Waals surface area (Å²) in [4.78, 5) is 13.2. The van der Waals surface area contributed by atoms with Crippen molar-refractivity contribution in [3.05, 3.63) is 85.0 Å². The Morgan fingerprint density at radius 2 is 2.03 bits per heavy atom. The van der Waals surface area contributed by atoms with E-state index in [0.29, 0.717) is 31.6 Å². The van der Waals surface area contributed by atoms with Gasteiger partial charge >= 0.3 is 0 Å². The number of aldehydes is 1. The van der Waals surface area contributed by atoms with Crippen molar-refractivity contribution in [1.29, 1.82) is 0 Å². The van der Waals surface area contributed by atoms with Crippen LogP contribution in [-0.4, -0.2) is 51.2 Å². The maximum absolute atomic E-state index is 10.9. The Bertz CT molecular complexity index is 707. The molecule has 0 radical (unpaired) electrons. The number of nitrogens with zero attached hydrogens (tertiary/aromatic N) is 1. The lowest BCUT2D eigenvalue weighted by Gasteiger charge is -2.19. The first kappa shape index (κ1) is 26.8. The summed E-state index contributed by atoms with van der Waals surface area (Å²) in [6.07, 6.45) is 9.84. The van der Waals surface area contributed by atoms with Gasteiger partial charge in [-0.05, 0) is 55.6 Å². The molecule has 2 unspecified atom stereocenters. The normalized spacial score (nSPS) is 16.2. The minimum Gasteiger partial charge on any atom is -0.362 e. The summed E-state index contributed by atoms with van der Waals surface area (Å²) in [6.45, 7) is 16.2. The number of hydrogen-bond donors (Lipinski definition) is 1. The number of carbonyl (C=O) groups is 1. The summed E-state index contributed by atoms with van der Waals surface area (Å²) in [6, 6.07) is 10.5. The zero-order valence-electron chi connectivity index (χ0n) is 19.4. The van der Waals surface area contributed by atoms with Crippen molar-refractivity contribution in [2.24, 2.45) is 11.8 Å². The quantitative estimate of drug-likeness (QED) is 0.178. The molecule has 0 fully saturated rings. The van der Waals surface area contributed by atoms with Crippen LogP contribution in [0.2, 0.25) is 0 Å². The minimum absolute atomic E-state index is 0. The molecule has 31 heavy (non-hydrogen) atoms. The minimum atomic E-state index is 0. The van der Waals surface area contributed by atoms with E-state index >= 15 is 0 Å². The van der Waals surface area contributed by atoms with Gasteiger partial charge in [-0.25, -0.2) is 0 Å². The number of rotatable bonds is 15. The Morgan fingerprint density at radius 3 is 2.71 bits per heavy atom. The van der Waals surface area contributed by atoms with E-state index in [1.807, 2.05) is 12.1 Å². The summed E-state index contributed by atoms with van der Waals surface area (Å²) in [7, 11) is 2.15. The molecule has 1 aliphatic rings. The zero-order chi connectivity index (χ0) is 22.9. The molecule has 0 heterocycles. The van der Waals surface area contributed by atoms with E-state index in [1.165, 1.54) is 11.1 Å². The number of allylic oxidation sites excluding steroid dienone is 3. The second-order valence-corrected chi connectivity index (χ2v) is 7.95. The average molecular weight is 429 g/mol. The van der Waals surface area contributed by atoms with Gasteiger partial charge in [0.1, 0.15) is 6.29 Å². The predicted molar refractivity (Wildman–Crippen MR) is 136 cm³/mol. The molecule has 174 valence electrons. The third-order valence-corrected chi connectivity index (χ3v) is 5.25. The molecule has 1 aromatic rings. The molecule has 2 rings (SSSR count). The predicted octanol–water partition coefficient (Wildman–Crippen LogP) is 5.30. The van der Waals surface area contributed by atoms with Crippen LogP contribution >= 0.6 is 0 Å². The summed E-state index contributed by atoms with van der Waals surface area (Å²) < 4.78 is 5.87. The lowest BCUT2D eigenvalue weighted by Crippen LogP contribution is -2.28. The highest BCUT2D eigenvalue weighted by Gasteiger charge is 2.19. The topological polar surface area (TPSA) is 41.6 Å². The second-order valence-electron chi connectivity index (χ2n) is 7.95. The van der Waals surface area contributed by atoms with Crippen molar-refractivity contribution in [3.63, 3.8) is 0 Å². The first-order valence-corrected chi connectivity index (χ1v) is 11.1. The van der Waals surface area contributed by atoms with Crippen molar-refractivity contribution in [2.75, 3.05) is 40.0 Å². The van der Waals surface area contributed by atoms with Gasteiger partial charge in [-0.15, -0.1) is 19.7 Å². The van der Waals surface area contributed by atoms with Gasteiger partial charge in [-0.1, -0.05) is 55.5 Å². The molecule has 2 atom stereocenters. The van der Waals surface area contributed by atoms with Gasteiger partial charge in [0, 0.05) is 21.7 Å². The summed E-state index contributed by atoms with van der Waals surface area (Å²) in [5, 5.41) is 3.36. The first-order chi connectivity index (χ1) is 15.1. The van der Waals surface area contributed by atoms with E-state index in [4.69, 9.17) is 4.74 Å². The second kappa shape index (κ2) is 16.4. The van der Waals surface area contributed by atoms with Crippen LogP contribution in [-0.2, 0) is 16.0 Å². The number of ether oxygens (including phenoxy) is 1. The van der Waals surface area contributed by atoms with Crippen LogP contribution in [0.25, 0.3) is 0 Å². The molecule has 0 saturated heterocycles. The van der Waals surface area contributed by atoms with E-state index < -0.39 is 0 Å². The summed E-state index contributed by atoms with van der Waals surface area (Å²) in [5.74, 6) is 0.838. The van der Waals surface area contributed by atoms with Crippen LogP contribution in [0.15, 0.2) is 79.4 Å². The number of hydrogen-bond acceptors (Lipinski definition) is 4. The van der Waals surface area contributed by atoms with E-state index in [9.17, 15) is 4.79 Å². The van der Waals surface area contributed by atoms with Crippen molar-refractivity contribution >= 4 is 6.29 Å². The monoisotopic (exact) mass is 428 g/mol. The van der Waals surface area contributed by atoms with Crippen LogP contribution < -0.4 is 5.32 Å². The Morgan fingerprint density at radius 1 is 1.29 bits per heavy atom. The van der Waals surface area contributed by atoms with Crippen molar-refractivity contribution in [3.8, 4) is 0 Å². The molecular formula is C27H44N2O2. The Kier molecular flexibility index (Phi) is 14.2. The van der Waals surface area contributed by atoms with Crippen LogP contribution in [0.5, 0.6) is 0 Å². The van der Waals surface area contributed by atoms with Gasteiger partial charge in [0.2, 0.25) is 0 Å². The van der Waals surface area contributed by atoms with Gasteiger partial charge < -0.3 is 14.4 Å². The fourth-order valence-electron chi connectivity index (χ4n) is 3.63. The Balaban J connectivity index is 0. The average Bonchev–Trinajstić information content (AvgIpc) is 3.16. The maximum atomic E-state index is 10.9.